The van der Waals surface area contributed by atoms with Crippen molar-refractivity contribution >= 4 is 24.8 Å². The SMILES string of the molecule is Cl.Cl.c1cc2c(cn1)C1(CCCNC1)OC2. The van der Waals surface area contributed by atoms with Crippen molar-refractivity contribution in [2.45, 2.75) is 25.0 Å². The summed E-state index contributed by atoms with van der Waals surface area (Å²) in [5.74, 6) is 0. The first-order chi connectivity index (χ1) is 6.91. The van der Waals surface area contributed by atoms with Crippen molar-refractivity contribution < 1.29 is 4.74 Å². The zero-order valence-corrected chi connectivity index (χ0v) is 10.6. The second-order valence-electron chi connectivity index (χ2n) is 4.10. The van der Waals surface area contributed by atoms with Crippen LogP contribution >= 0.6 is 24.8 Å². The van der Waals surface area contributed by atoms with E-state index in [2.05, 4.69) is 16.4 Å². The lowest BCUT2D eigenvalue weighted by Gasteiger charge is -2.33. The lowest BCUT2D eigenvalue weighted by Crippen LogP contribution is -2.43. The van der Waals surface area contributed by atoms with Crippen LogP contribution < -0.4 is 5.32 Å². The highest BCUT2D eigenvalue weighted by molar-refractivity contribution is 5.85. The molecule has 0 amide bonds. The quantitative estimate of drug-likeness (QED) is 0.777. The molecule has 90 valence electrons. The van der Waals surface area contributed by atoms with E-state index in [1.165, 1.54) is 17.5 Å². The average molecular weight is 263 g/mol. The summed E-state index contributed by atoms with van der Waals surface area (Å²) >= 11 is 0. The number of rotatable bonds is 0. The number of hydrogen-bond donors (Lipinski definition) is 1. The molecule has 1 aromatic heterocycles. The first kappa shape index (κ1) is 13.7. The molecule has 0 radical (unpaired) electrons. The van der Waals surface area contributed by atoms with E-state index in [1.807, 2.05) is 12.4 Å². The fourth-order valence-electron chi connectivity index (χ4n) is 2.48. The molecule has 5 heteroatoms. The molecular formula is C11H16Cl2N2O. The van der Waals surface area contributed by atoms with Crippen LogP contribution in [0.3, 0.4) is 0 Å². The molecule has 1 atom stereocenters. The number of aromatic nitrogens is 1. The van der Waals surface area contributed by atoms with Gasteiger partial charge in [0.25, 0.3) is 0 Å². The number of ether oxygens (including phenoxy) is 1. The minimum absolute atomic E-state index is 0. The van der Waals surface area contributed by atoms with E-state index in [-0.39, 0.29) is 30.4 Å². The second-order valence-corrected chi connectivity index (χ2v) is 4.10. The normalized spacial score (nSPS) is 26.8. The van der Waals surface area contributed by atoms with Crippen molar-refractivity contribution in [1.82, 2.24) is 10.3 Å². The topological polar surface area (TPSA) is 34.2 Å². The van der Waals surface area contributed by atoms with E-state index >= 15 is 0 Å². The number of fused-ring (bicyclic) bond motifs is 2. The van der Waals surface area contributed by atoms with E-state index < -0.39 is 0 Å². The fourth-order valence-corrected chi connectivity index (χ4v) is 2.48. The van der Waals surface area contributed by atoms with Crippen molar-refractivity contribution in [1.29, 1.82) is 0 Å². The largest absolute Gasteiger partial charge is 0.364 e. The van der Waals surface area contributed by atoms with Crippen LogP contribution in [0.5, 0.6) is 0 Å². The molecule has 0 aromatic carbocycles. The smallest absolute Gasteiger partial charge is 0.108 e. The number of nitrogens with zero attached hydrogens (tertiary/aromatic N) is 1. The summed E-state index contributed by atoms with van der Waals surface area (Å²) in [6, 6.07) is 2.07. The van der Waals surface area contributed by atoms with Crippen molar-refractivity contribution in [3.63, 3.8) is 0 Å². The molecular weight excluding hydrogens is 247 g/mol. The van der Waals surface area contributed by atoms with Gasteiger partial charge >= 0.3 is 0 Å². The van der Waals surface area contributed by atoms with E-state index in [0.717, 1.165) is 26.1 Å². The number of hydrogen-bond acceptors (Lipinski definition) is 3. The monoisotopic (exact) mass is 262 g/mol. The molecule has 0 bridgehead atoms. The zero-order chi connectivity index (χ0) is 9.43. The molecule has 2 aliphatic rings. The van der Waals surface area contributed by atoms with Gasteiger partial charge in [-0.05, 0) is 31.0 Å². The number of pyridine rings is 1. The molecule has 1 spiro atoms. The van der Waals surface area contributed by atoms with Gasteiger partial charge in [0.2, 0.25) is 0 Å². The third kappa shape index (κ3) is 2.05. The van der Waals surface area contributed by atoms with Gasteiger partial charge in [0.05, 0.1) is 6.61 Å². The van der Waals surface area contributed by atoms with E-state index in [9.17, 15) is 0 Å². The third-order valence-electron chi connectivity index (χ3n) is 3.25. The maximum atomic E-state index is 5.95. The fraction of sp³-hybridized carbons (Fsp3) is 0.545. The van der Waals surface area contributed by atoms with Crippen LogP contribution in [-0.4, -0.2) is 18.1 Å². The standard InChI is InChI=1S/C11H14N2O.2ClH/c1-3-11(8-13-4-1)10-6-12-5-2-9(10)7-14-11;;/h2,5-6,13H,1,3-4,7-8H2;2*1H. The van der Waals surface area contributed by atoms with Crippen LogP contribution in [0.2, 0.25) is 0 Å². The maximum Gasteiger partial charge on any atom is 0.108 e. The highest BCUT2D eigenvalue weighted by atomic mass is 35.5. The van der Waals surface area contributed by atoms with Gasteiger partial charge in [-0.15, -0.1) is 24.8 Å². The second kappa shape index (κ2) is 5.32. The number of halogens is 2. The molecule has 1 aromatic rings. The lowest BCUT2D eigenvalue weighted by atomic mass is 9.87. The Balaban J connectivity index is 0.000000640. The minimum Gasteiger partial charge on any atom is -0.364 e. The van der Waals surface area contributed by atoms with Crippen molar-refractivity contribution in [2.75, 3.05) is 13.1 Å². The van der Waals surface area contributed by atoms with Crippen LogP contribution in [0.15, 0.2) is 18.5 Å². The Morgan fingerprint density at radius 2 is 2.25 bits per heavy atom. The summed E-state index contributed by atoms with van der Waals surface area (Å²) in [6.07, 6.45) is 6.12. The van der Waals surface area contributed by atoms with Gasteiger partial charge < -0.3 is 10.1 Å². The van der Waals surface area contributed by atoms with Crippen molar-refractivity contribution in [3.05, 3.63) is 29.6 Å². The van der Waals surface area contributed by atoms with Crippen LogP contribution in [0.4, 0.5) is 0 Å². The molecule has 2 aliphatic heterocycles. The molecule has 3 rings (SSSR count). The number of nitrogens with one attached hydrogen (secondary N) is 1. The van der Waals surface area contributed by atoms with E-state index in [4.69, 9.17) is 4.74 Å². The summed E-state index contributed by atoms with van der Waals surface area (Å²) in [4.78, 5) is 4.20. The average Bonchev–Trinajstić information content (AvgIpc) is 2.60. The predicted octanol–water partition coefficient (Wildman–Crippen LogP) is 2.03. The molecule has 0 aliphatic carbocycles. The summed E-state index contributed by atoms with van der Waals surface area (Å²) < 4.78 is 5.95. The first-order valence-electron chi connectivity index (χ1n) is 5.19. The molecule has 0 saturated carbocycles. The van der Waals surface area contributed by atoms with Gasteiger partial charge in [0.15, 0.2) is 0 Å². The Morgan fingerprint density at radius 3 is 3.00 bits per heavy atom. The zero-order valence-electron chi connectivity index (χ0n) is 8.94. The summed E-state index contributed by atoms with van der Waals surface area (Å²) in [5, 5.41) is 3.41. The van der Waals surface area contributed by atoms with Crippen LogP contribution in [0.25, 0.3) is 0 Å². The van der Waals surface area contributed by atoms with Gasteiger partial charge in [0.1, 0.15) is 5.60 Å². The highest BCUT2D eigenvalue weighted by Crippen LogP contribution is 2.40. The number of piperidine rings is 1. The Bertz CT molecular complexity index is 348. The maximum absolute atomic E-state index is 5.95. The van der Waals surface area contributed by atoms with Gasteiger partial charge in [-0.2, -0.15) is 0 Å². The van der Waals surface area contributed by atoms with Gasteiger partial charge in [-0.1, -0.05) is 0 Å². The Hall–Kier alpha value is -0.350. The third-order valence-corrected chi connectivity index (χ3v) is 3.25. The minimum atomic E-state index is -0.0676. The molecule has 1 saturated heterocycles. The van der Waals surface area contributed by atoms with Crippen molar-refractivity contribution in [2.24, 2.45) is 0 Å². The Morgan fingerprint density at radius 1 is 1.38 bits per heavy atom. The van der Waals surface area contributed by atoms with Crippen LogP contribution in [0, 0.1) is 0 Å². The van der Waals surface area contributed by atoms with Gasteiger partial charge in [-0.3, -0.25) is 4.98 Å². The molecule has 1 N–H and O–H groups in total. The predicted molar refractivity (Wildman–Crippen MR) is 67.3 cm³/mol. The summed E-state index contributed by atoms with van der Waals surface area (Å²) in [6.45, 7) is 2.80. The van der Waals surface area contributed by atoms with E-state index in [1.54, 1.807) is 0 Å². The molecule has 1 unspecified atom stereocenters. The van der Waals surface area contributed by atoms with Gasteiger partial charge in [-0.25, -0.2) is 0 Å². The summed E-state index contributed by atoms with van der Waals surface area (Å²) in [7, 11) is 0. The Labute approximate surface area is 108 Å². The van der Waals surface area contributed by atoms with Crippen molar-refractivity contribution in [3.8, 4) is 0 Å². The van der Waals surface area contributed by atoms with Crippen LogP contribution in [-0.2, 0) is 16.9 Å². The lowest BCUT2D eigenvalue weighted by molar-refractivity contribution is -0.0537. The van der Waals surface area contributed by atoms with Gasteiger partial charge in [0, 0.05) is 24.5 Å². The first-order valence-corrected chi connectivity index (χ1v) is 5.19. The molecule has 16 heavy (non-hydrogen) atoms. The highest BCUT2D eigenvalue weighted by Gasteiger charge is 2.40. The molecule has 3 heterocycles. The Kier molecular flexibility index (Phi) is 4.56. The van der Waals surface area contributed by atoms with Crippen LogP contribution in [0.1, 0.15) is 24.0 Å². The molecule has 3 nitrogen and oxygen atoms in total. The molecule has 1 fully saturated rings. The van der Waals surface area contributed by atoms with E-state index in [0.29, 0.717) is 0 Å². The summed E-state index contributed by atoms with van der Waals surface area (Å²) in [5.41, 5.74) is 2.54.